The molecule has 0 spiro atoms. The van der Waals surface area contributed by atoms with E-state index in [-0.39, 0.29) is 35.2 Å². The molecule has 2 rings (SSSR count). The molecule has 0 aromatic carbocycles. The van der Waals surface area contributed by atoms with Gasteiger partial charge in [0.05, 0.1) is 6.42 Å². The van der Waals surface area contributed by atoms with Crippen molar-refractivity contribution in [3.8, 4) is 0 Å². The summed E-state index contributed by atoms with van der Waals surface area (Å²) in [5, 5.41) is 10.9. The summed E-state index contributed by atoms with van der Waals surface area (Å²) in [7, 11) is 0. The Kier molecular flexibility index (Phi) is 3.41. The van der Waals surface area contributed by atoms with Gasteiger partial charge in [0.1, 0.15) is 0 Å². The Morgan fingerprint density at radius 2 is 2.21 bits per heavy atom. The van der Waals surface area contributed by atoms with E-state index >= 15 is 0 Å². The molecule has 1 unspecified atom stereocenters. The van der Waals surface area contributed by atoms with Gasteiger partial charge in [-0.15, -0.1) is 0 Å². The Hall–Kier alpha value is -1.39. The summed E-state index contributed by atoms with van der Waals surface area (Å²) < 4.78 is 5.54. The molecule has 5 nitrogen and oxygen atoms in total. The maximum Gasteiger partial charge on any atom is 0.307 e. The highest BCUT2D eigenvalue weighted by Gasteiger charge is 2.60. The van der Waals surface area contributed by atoms with Crippen LogP contribution in [0.2, 0.25) is 0 Å². The van der Waals surface area contributed by atoms with Gasteiger partial charge in [-0.05, 0) is 24.2 Å². The molecule has 2 aliphatic carbocycles. The van der Waals surface area contributed by atoms with Gasteiger partial charge in [-0.25, -0.2) is 0 Å². The summed E-state index contributed by atoms with van der Waals surface area (Å²) in [6.45, 7) is 5.57. The summed E-state index contributed by atoms with van der Waals surface area (Å²) in [6, 6.07) is 0. The molecule has 0 saturated heterocycles. The Balaban J connectivity index is 2.06. The van der Waals surface area contributed by atoms with E-state index in [1.807, 2.05) is 32.9 Å². The van der Waals surface area contributed by atoms with Gasteiger partial charge in [-0.3, -0.25) is 14.9 Å². The molecule has 0 aliphatic heterocycles. The van der Waals surface area contributed by atoms with Crippen molar-refractivity contribution in [2.24, 2.45) is 17.3 Å². The maximum atomic E-state index is 12.0. The first kappa shape index (κ1) is 14.0. The first-order chi connectivity index (χ1) is 8.72. The third-order valence-electron chi connectivity index (χ3n) is 3.89. The molecule has 0 amide bonds. The van der Waals surface area contributed by atoms with Crippen LogP contribution in [0.25, 0.3) is 0 Å². The highest BCUT2D eigenvalue weighted by atomic mass is 16.6. The van der Waals surface area contributed by atoms with Crippen molar-refractivity contribution in [2.45, 2.75) is 45.6 Å². The van der Waals surface area contributed by atoms with Crippen LogP contribution in [0.1, 0.15) is 40.0 Å². The normalized spacial score (nSPS) is 32.6. The first-order valence-electron chi connectivity index (χ1n) is 6.72. The standard InChI is InChI=1S/C14H21NO4/c1-13(2,3)8-12(16)19-14(9-15(17)18)7-10-5-4-6-11(10)14/h4,6,10-11H,5,7-9H2,1-3H3/t10-,11?,14-/m1/s1. The topological polar surface area (TPSA) is 69.4 Å². The molecule has 3 atom stereocenters. The van der Waals surface area contributed by atoms with Crippen molar-refractivity contribution < 1.29 is 14.5 Å². The van der Waals surface area contributed by atoms with Gasteiger partial charge < -0.3 is 4.74 Å². The minimum Gasteiger partial charge on any atom is -0.451 e. The molecule has 106 valence electrons. The number of carbonyl (C=O) groups is 1. The zero-order valence-corrected chi connectivity index (χ0v) is 11.7. The van der Waals surface area contributed by atoms with Crippen molar-refractivity contribution in [3.63, 3.8) is 0 Å². The number of esters is 1. The second-order valence-electron chi connectivity index (χ2n) is 6.92. The van der Waals surface area contributed by atoms with Gasteiger partial charge in [0, 0.05) is 10.8 Å². The number of nitro groups is 1. The van der Waals surface area contributed by atoms with Gasteiger partial charge in [-0.2, -0.15) is 0 Å². The van der Waals surface area contributed by atoms with E-state index in [0.717, 1.165) is 6.42 Å². The van der Waals surface area contributed by atoms with Crippen LogP contribution in [-0.2, 0) is 9.53 Å². The lowest BCUT2D eigenvalue weighted by atomic mass is 9.62. The first-order valence-corrected chi connectivity index (χ1v) is 6.72. The summed E-state index contributed by atoms with van der Waals surface area (Å²) in [5.41, 5.74) is -1.06. The van der Waals surface area contributed by atoms with E-state index < -0.39 is 5.60 Å². The monoisotopic (exact) mass is 267 g/mol. The molecule has 0 heterocycles. The van der Waals surface area contributed by atoms with Crippen molar-refractivity contribution in [1.29, 1.82) is 0 Å². The lowest BCUT2D eigenvalue weighted by Crippen LogP contribution is -2.58. The smallest absolute Gasteiger partial charge is 0.307 e. The Morgan fingerprint density at radius 1 is 1.53 bits per heavy atom. The van der Waals surface area contributed by atoms with Gasteiger partial charge in [0.25, 0.3) is 0 Å². The van der Waals surface area contributed by atoms with E-state index in [9.17, 15) is 14.9 Å². The minimum atomic E-state index is -0.899. The van der Waals surface area contributed by atoms with Crippen molar-refractivity contribution in [2.75, 3.05) is 6.54 Å². The lowest BCUT2D eigenvalue weighted by Gasteiger charge is -2.48. The van der Waals surface area contributed by atoms with Crippen molar-refractivity contribution in [3.05, 3.63) is 22.3 Å². The van der Waals surface area contributed by atoms with Crippen LogP contribution in [-0.4, -0.2) is 23.0 Å². The summed E-state index contributed by atoms with van der Waals surface area (Å²) in [5.74, 6) is 0.123. The van der Waals surface area contributed by atoms with Gasteiger partial charge in [0.15, 0.2) is 5.60 Å². The van der Waals surface area contributed by atoms with Crippen LogP contribution in [0.4, 0.5) is 0 Å². The zero-order chi connectivity index (χ0) is 14.3. The van der Waals surface area contributed by atoms with Gasteiger partial charge >= 0.3 is 5.97 Å². The number of rotatable bonds is 4. The van der Waals surface area contributed by atoms with Crippen LogP contribution < -0.4 is 0 Å². The number of fused-ring (bicyclic) bond motifs is 1. The van der Waals surface area contributed by atoms with E-state index in [0.29, 0.717) is 12.3 Å². The molecule has 1 fully saturated rings. The predicted octanol–water partition coefficient (Wildman–Crippen LogP) is 2.58. The Morgan fingerprint density at radius 3 is 2.74 bits per heavy atom. The summed E-state index contributed by atoms with van der Waals surface area (Å²) in [4.78, 5) is 22.5. The Bertz CT molecular complexity index is 424. The molecule has 19 heavy (non-hydrogen) atoms. The second-order valence-corrected chi connectivity index (χ2v) is 6.92. The third-order valence-corrected chi connectivity index (χ3v) is 3.89. The molecule has 0 aromatic heterocycles. The number of hydrogen-bond donors (Lipinski definition) is 0. The average molecular weight is 267 g/mol. The number of allylic oxidation sites excluding steroid dienone is 1. The molecule has 2 aliphatic rings. The molecule has 5 heteroatoms. The highest BCUT2D eigenvalue weighted by molar-refractivity contribution is 5.71. The quantitative estimate of drug-likeness (QED) is 0.340. The van der Waals surface area contributed by atoms with Gasteiger partial charge in [0.2, 0.25) is 6.54 Å². The number of nitrogens with zero attached hydrogens (tertiary/aromatic N) is 1. The SMILES string of the molecule is CC(C)(C)CC(=O)O[C@@]1(C[N+](=O)[O-])C[C@H]2CC=CC21. The Labute approximate surface area is 113 Å². The highest BCUT2D eigenvalue weighted by Crippen LogP contribution is 2.52. The fourth-order valence-electron chi connectivity index (χ4n) is 3.16. The van der Waals surface area contributed by atoms with Crippen LogP contribution in [0, 0.1) is 27.4 Å². The summed E-state index contributed by atoms with van der Waals surface area (Å²) in [6.07, 6.45) is 5.85. The lowest BCUT2D eigenvalue weighted by molar-refractivity contribution is -0.509. The van der Waals surface area contributed by atoms with Crippen LogP contribution in [0.15, 0.2) is 12.2 Å². The average Bonchev–Trinajstić information content (AvgIpc) is 2.55. The number of ether oxygens (including phenoxy) is 1. The van der Waals surface area contributed by atoms with Crippen LogP contribution in [0.5, 0.6) is 0 Å². The van der Waals surface area contributed by atoms with Crippen molar-refractivity contribution in [1.82, 2.24) is 0 Å². The minimum absolute atomic E-state index is 0.0295. The van der Waals surface area contributed by atoms with E-state index in [4.69, 9.17) is 4.74 Å². The van der Waals surface area contributed by atoms with Gasteiger partial charge in [-0.1, -0.05) is 32.9 Å². The number of hydrogen-bond acceptors (Lipinski definition) is 4. The van der Waals surface area contributed by atoms with Crippen LogP contribution in [0.3, 0.4) is 0 Å². The molecule has 0 N–H and O–H groups in total. The third kappa shape index (κ3) is 2.96. The van der Waals surface area contributed by atoms with E-state index in [1.165, 1.54) is 0 Å². The maximum absolute atomic E-state index is 12.0. The molecular weight excluding hydrogens is 246 g/mol. The molecular formula is C14H21NO4. The van der Waals surface area contributed by atoms with Crippen LogP contribution >= 0.6 is 0 Å². The van der Waals surface area contributed by atoms with E-state index in [1.54, 1.807) is 0 Å². The molecule has 0 radical (unpaired) electrons. The number of carbonyl (C=O) groups excluding carboxylic acids is 1. The van der Waals surface area contributed by atoms with E-state index in [2.05, 4.69) is 0 Å². The second kappa shape index (κ2) is 4.62. The summed E-state index contributed by atoms with van der Waals surface area (Å²) >= 11 is 0. The fraction of sp³-hybridized carbons (Fsp3) is 0.786. The fourth-order valence-corrected chi connectivity index (χ4v) is 3.16. The zero-order valence-electron chi connectivity index (χ0n) is 11.7. The molecule has 0 aromatic rings. The predicted molar refractivity (Wildman–Crippen MR) is 70.1 cm³/mol. The molecule has 1 saturated carbocycles. The van der Waals surface area contributed by atoms with Crippen molar-refractivity contribution >= 4 is 5.97 Å². The largest absolute Gasteiger partial charge is 0.451 e. The molecule has 0 bridgehead atoms.